The summed E-state index contributed by atoms with van der Waals surface area (Å²) >= 11 is 0. The van der Waals surface area contributed by atoms with Crippen molar-refractivity contribution in [2.75, 3.05) is 6.54 Å². The SMILES string of the molecule is CC(C)C(CN)C(=O)NS(=O)(=O)C(C)C. The zero-order valence-corrected chi connectivity index (χ0v) is 10.5. The zero-order valence-electron chi connectivity index (χ0n) is 9.65. The monoisotopic (exact) mass is 236 g/mol. The molecular weight excluding hydrogens is 216 g/mol. The average Bonchev–Trinajstić information content (AvgIpc) is 2.02. The molecule has 0 radical (unpaired) electrons. The van der Waals surface area contributed by atoms with E-state index in [1.165, 1.54) is 13.8 Å². The van der Waals surface area contributed by atoms with Gasteiger partial charge in [0.25, 0.3) is 0 Å². The Balaban J connectivity index is 4.62. The van der Waals surface area contributed by atoms with Crippen molar-refractivity contribution in [2.24, 2.45) is 17.6 Å². The minimum atomic E-state index is -3.54. The number of amides is 1. The third-order valence-corrected chi connectivity index (χ3v) is 3.99. The molecule has 3 N–H and O–H groups in total. The van der Waals surface area contributed by atoms with Crippen molar-refractivity contribution in [2.45, 2.75) is 32.9 Å². The summed E-state index contributed by atoms with van der Waals surface area (Å²) in [6, 6.07) is 0. The first-order valence-electron chi connectivity index (χ1n) is 4.98. The Bertz CT molecular complexity index is 309. The summed E-state index contributed by atoms with van der Waals surface area (Å²) in [7, 11) is -3.54. The number of carbonyl (C=O) groups excluding carboxylic acids is 1. The fourth-order valence-electron chi connectivity index (χ4n) is 1.02. The Morgan fingerprint density at radius 2 is 1.73 bits per heavy atom. The van der Waals surface area contributed by atoms with Crippen molar-refractivity contribution in [3.63, 3.8) is 0 Å². The number of nitrogens with two attached hydrogens (primary N) is 1. The van der Waals surface area contributed by atoms with Gasteiger partial charge in [0.2, 0.25) is 15.9 Å². The molecule has 0 heterocycles. The van der Waals surface area contributed by atoms with E-state index in [1.807, 2.05) is 18.6 Å². The Labute approximate surface area is 91.5 Å². The Hall–Kier alpha value is -0.620. The number of hydrogen-bond donors (Lipinski definition) is 2. The van der Waals surface area contributed by atoms with E-state index in [0.717, 1.165) is 0 Å². The standard InChI is InChI=1S/C9H20N2O3S/c1-6(2)8(5-10)9(12)11-15(13,14)7(3)4/h6-8H,5,10H2,1-4H3,(H,11,12). The zero-order chi connectivity index (χ0) is 12.2. The molecule has 1 amide bonds. The third-order valence-electron chi connectivity index (χ3n) is 2.26. The van der Waals surface area contributed by atoms with Crippen molar-refractivity contribution < 1.29 is 13.2 Å². The highest BCUT2D eigenvalue weighted by Crippen LogP contribution is 2.10. The van der Waals surface area contributed by atoms with E-state index in [-0.39, 0.29) is 12.5 Å². The van der Waals surface area contributed by atoms with Crippen LogP contribution in [0, 0.1) is 11.8 Å². The molecule has 0 aliphatic rings. The lowest BCUT2D eigenvalue weighted by Gasteiger charge is -2.19. The number of nitrogens with one attached hydrogen (secondary N) is 1. The van der Waals surface area contributed by atoms with Crippen molar-refractivity contribution in [1.82, 2.24) is 4.72 Å². The molecule has 0 aromatic carbocycles. The molecule has 6 heteroatoms. The lowest BCUT2D eigenvalue weighted by atomic mass is 9.96. The maximum atomic E-state index is 11.6. The second-order valence-corrected chi connectivity index (χ2v) is 6.38. The summed E-state index contributed by atoms with van der Waals surface area (Å²) in [5.41, 5.74) is 5.41. The highest BCUT2D eigenvalue weighted by molar-refractivity contribution is 7.90. The van der Waals surface area contributed by atoms with Crippen LogP contribution in [0.5, 0.6) is 0 Å². The predicted octanol–water partition coefficient (Wildman–Crippen LogP) is 0.0717. The number of hydrogen-bond acceptors (Lipinski definition) is 4. The predicted molar refractivity (Wildman–Crippen MR) is 59.6 cm³/mol. The first-order valence-corrected chi connectivity index (χ1v) is 6.52. The lowest BCUT2D eigenvalue weighted by Crippen LogP contribution is -2.43. The number of rotatable bonds is 5. The van der Waals surface area contributed by atoms with Crippen molar-refractivity contribution >= 4 is 15.9 Å². The van der Waals surface area contributed by atoms with Crippen LogP contribution in [-0.2, 0) is 14.8 Å². The van der Waals surface area contributed by atoms with Gasteiger partial charge in [-0.3, -0.25) is 9.52 Å². The van der Waals surface area contributed by atoms with Gasteiger partial charge in [0.15, 0.2) is 0 Å². The van der Waals surface area contributed by atoms with E-state index in [4.69, 9.17) is 5.73 Å². The Morgan fingerprint density at radius 1 is 1.27 bits per heavy atom. The van der Waals surface area contributed by atoms with E-state index < -0.39 is 27.1 Å². The van der Waals surface area contributed by atoms with E-state index in [1.54, 1.807) is 0 Å². The largest absolute Gasteiger partial charge is 0.330 e. The van der Waals surface area contributed by atoms with E-state index in [0.29, 0.717) is 0 Å². The Kier molecular flexibility index (Phi) is 5.23. The van der Waals surface area contributed by atoms with E-state index in [2.05, 4.69) is 0 Å². The highest BCUT2D eigenvalue weighted by Gasteiger charge is 2.26. The smallest absolute Gasteiger partial charge is 0.238 e. The quantitative estimate of drug-likeness (QED) is 0.707. The van der Waals surface area contributed by atoms with Gasteiger partial charge in [-0.15, -0.1) is 0 Å². The summed E-state index contributed by atoms with van der Waals surface area (Å²) in [4.78, 5) is 11.6. The minimum absolute atomic E-state index is 0.0253. The summed E-state index contributed by atoms with van der Waals surface area (Å²) in [6.45, 7) is 6.85. The molecule has 0 aliphatic heterocycles. The van der Waals surface area contributed by atoms with Gasteiger partial charge in [-0.05, 0) is 19.8 Å². The van der Waals surface area contributed by atoms with Crippen LogP contribution >= 0.6 is 0 Å². The van der Waals surface area contributed by atoms with Crippen molar-refractivity contribution in [3.05, 3.63) is 0 Å². The second-order valence-electron chi connectivity index (χ2n) is 4.15. The lowest BCUT2D eigenvalue weighted by molar-refractivity contribution is -0.124. The molecule has 0 saturated carbocycles. The van der Waals surface area contributed by atoms with Gasteiger partial charge in [0, 0.05) is 6.54 Å². The van der Waals surface area contributed by atoms with Gasteiger partial charge in [-0.25, -0.2) is 8.42 Å². The fraction of sp³-hybridized carbons (Fsp3) is 0.889. The molecule has 90 valence electrons. The molecule has 0 saturated heterocycles. The van der Waals surface area contributed by atoms with Crippen molar-refractivity contribution in [3.8, 4) is 0 Å². The van der Waals surface area contributed by atoms with E-state index >= 15 is 0 Å². The van der Waals surface area contributed by atoms with Crippen LogP contribution in [0.2, 0.25) is 0 Å². The molecule has 0 rings (SSSR count). The van der Waals surface area contributed by atoms with Crippen LogP contribution < -0.4 is 10.5 Å². The van der Waals surface area contributed by atoms with Crippen LogP contribution in [0.15, 0.2) is 0 Å². The van der Waals surface area contributed by atoms with Gasteiger partial charge in [-0.2, -0.15) is 0 Å². The first kappa shape index (κ1) is 14.4. The molecule has 1 unspecified atom stereocenters. The molecule has 0 aliphatic carbocycles. The second kappa shape index (κ2) is 5.46. The van der Waals surface area contributed by atoms with Crippen LogP contribution in [0.3, 0.4) is 0 Å². The van der Waals surface area contributed by atoms with Gasteiger partial charge in [0.05, 0.1) is 11.2 Å². The van der Waals surface area contributed by atoms with Gasteiger partial charge < -0.3 is 5.73 Å². The molecule has 15 heavy (non-hydrogen) atoms. The van der Waals surface area contributed by atoms with Crippen LogP contribution in [-0.4, -0.2) is 26.1 Å². The summed E-state index contributed by atoms with van der Waals surface area (Å²) in [6.07, 6.45) is 0. The minimum Gasteiger partial charge on any atom is -0.330 e. The normalized spacial score (nSPS) is 14.3. The molecule has 5 nitrogen and oxygen atoms in total. The topological polar surface area (TPSA) is 89.3 Å². The maximum absolute atomic E-state index is 11.6. The van der Waals surface area contributed by atoms with Crippen molar-refractivity contribution in [1.29, 1.82) is 0 Å². The molecule has 0 spiro atoms. The summed E-state index contributed by atoms with van der Waals surface area (Å²) in [5.74, 6) is -0.947. The van der Waals surface area contributed by atoms with Gasteiger partial charge >= 0.3 is 0 Å². The summed E-state index contributed by atoms with van der Waals surface area (Å²) in [5, 5.41) is -0.618. The highest BCUT2D eigenvalue weighted by atomic mass is 32.2. The molecule has 0 bridgehead atoms. The number of sulfonamides is 1. The molecule has 0 fully saturated rings. The van der Waals surface area contributed by atoms with E-state index in [9.17, 15) is 13.2 Å². The molecular formula is C9H20N2O3S. The molecule has 0 aromatic rings. The third kappa shape index (κ3) is 4.17. The molecule has 0 aromatic heterocycles. The van der Waals surface area contributed by atoms with Crippen LogP contribution in [0.1, 0.15) is 27.7 Å². The van der Waals surface area contributed by atoms with Gasteiger partial charge in [-0.1, -0.05) is 13.8 Å². The first-order chi connectivity index (χ1) is 6.72. The van der Waals surface area contributed by atoms with Gasteiger partial charge in [0.1, 0.15) is 0 Å². The maximum Gasteiger partial charge on any atom is 0.238 e. The summed E-state index contributed by atoms with van der Waals surface area (Å²) < 4.78 is 24.9. The van der Waals surface area contributed by atoms with Crippen LogP contribution in [0.25, 0.3) is 0 Å². The number of carbonyl (C=O) groups is 1. The fourth-order valence-corrected chi connectivity index (χ4v) is 1.68. The molecule has 1 atom stereocenters. The average molecular weight is 236 g/mol. The Morgan fingerprint density at radius 3 is 2.00 bits per heavy atom. The van der Waals surface area contributed by atoms with Crippen LogP contribution in [0.4, 0.5) is 0 Å².